The number of hydrogen-bond donors (Lipinski definition) is 1. The Kier molecular flexibility index (Phi) is 4.32. The van der Waals surface area contributed by atoms with E-state index in [2.05, 4.69) is 10.3 Å². The summed E-state index contributed by atoms with van der Waals surface area (Å²) in [6.45, 7) is 1.48. The molecule has 1 aliphatic heterocycles. The molecule has 1 saturated heterocycles. The van der Waals surface area contributed by atoms with Gasteiger partial charge in [-0.2, -0.15) is 0 Å². The fraction of sp³-hybridized carbons (Fsp3) is 0.235. The number of halogens is 1. The minimum atomic E-state index is -0.389. The molecule has 0 spiro atoms. The summed E-state index contributed by atoms with van der Waals surface area (Å²) in [7, 11) is 0. The van der Waals surface area contributed by atoms with Crippen molar-refractivity contribution in [1.29, 1.82) is 0 Å². The van der Waals surface area contributed by atoms with Crippen molar-refractivity contribution in [2.24, 2.45) is 0 Å². The molecule has 23 heavy (non-hydrogen) atoms. The van der Waals surface area contributed by atoms with Gasteiger partial charge in [0.25, 0.3) is 11.8 Å². The van der Waals surface area contributed by atoms with Crippen LogP contribution in [-0.4, -0.2) is 34.8 Å². The summed E-state index contributed by atoms with van der Waals surface area (Å²) < 4.78 is 12.9. The molecule has 0 radical (unpaired) electrons. The first kappa shape index (κ1) is 15.1. The first-order chi connectivity index (χ1) is 11.1. The predicted molar refractivity (Wildman–Crippen MR) is 83.7 cm³/mol. The van der Waals surface area contributed by atoms with Gasteiger partial charge in [0.2, 0.25) is 0 Å². The molecule has 1 aromatic carbocycles. The third-order valence-corrected chi connectivity index (χ3v) is 3.74. The van der Waals surface area contributed by atoms with Crippen LogP contribution in [0.1, 0.15) is 33.6 Å². The van der Waals surface area contributed by atoms with Gasteiger partial charge in [-0.3, -0.25) is 14.6 Å². The molecule has 1 aromatic heterocycles. The highest BCUT2D eigenvalue weighted by atomic mass is 19.1. The number of likely N-dealkylation sites (tertiary alicyclic amines) is 1. The van der Waals surface area contributed by atoms with Crippen LogP contribution in [0.3, 0.4) is 0 Å². The zero-order chi connectivity index (χ0) is 16.2. The summed E-state index contributed by atoms with van der Waals surface area (Å²) in [5, 5.41) is 2.65. The number of carbonyl (C=O) groups excluding carboxylic acids is 2. The van der Waals surface area contributed by atoms with E-state index in [-0.39, 0.29) is 17.6 Å². The summed E-state index contributed by atoms with van der Waals surface area (Å²) in [6, 6.07) is 7.01. The maximum absolute atomic E-state index is 12.9. The van der Waals surface area contributed by atoms with Crippen molar-refractivity contribution in [3.8, 4) is 0 Å². The quantitative estimate of drug-likeness (QED) is 0.947. The van der Waals surface area contributed by atoms with Gasteiger partial charge in [0.15, 0.2) is 0 Å². The Morgan fingerprint density at radius 2 is 1.70 bits per heavy atom. The molecule has 1 fully saturated rings. The van der Waals surface area contributed by atoms with Crippen molar-refractivity contribution >= 4 is 17.5 Å². The van der Waals surface area contributed by atoms with E-state index in [1.807, 2.05) is 0 Å². The molecule has 6 heteroatoms. The van der Waals surface area contributed by atoms with E-state index in [1.54, 1.807) is 4.90 Å². The Morgan fingerprint density at radius 1 is 1.04 bits per heavy atom. The van der Waals surface area contributed by atoms with Crippen molar-refractivity contribution in [2.75, 3.05) is 18.4 Å². The van der Waals surface area contributed by atoms with Crippen LogP contribution in [-0.2, 0) is 0 Å². The summed E-state index contributed by atoms with van der Waals surface area (Å²) in [6.07, 6.45) is 4.88. The van der Waals surface area contributed by atoms with E-state index in [1.165, 1.54) is 42.7 Å². The Hall–Kier alpha value is -2.76. The van der Waals surface area contributed by atoms with Crippen molar-refractivity contribution in [1.82, 2.24) is 9.88 Å². The molecule has 118 valence electrons. The summed E-state index contributed by atoms with van der Waals surface area (Å²) in [4.78, 5) is 30.3. The summed E-state index contributed by atoms with van der Waals surface area (Å²) >= 11 is 0. The summed E-state index contributed by atoms with van der Waals surface area (Å²) in [5.41, 5.74) is 1.17. The molecular weight excluding hydrogens is 297 g/mol. The van der Waals surface area contributed by atoms with Crippen LogP contribution in [0.4, 0.5) is 10.1 Å². The lowest BCUT2D eigenvalue weighted by Gasteiger charge is -2.15. The summed E-state index contributed by atoms with van der Waals surface area (Å²) in [5.74, 6) is -0.866. The van der Waals surface area contributed by atoms with Crippen LogP contribution in [0.15, 0.2) is 42.7 Å². The average Bonchev–Trinajstić information content (AvgIpc) is 3.11. The van der Waals surface area contributed by atoms with Gasteiger partial charge in [-0.25, -0.2) is 4.39 Å². The molecule has 5 nitrogen and oxygen atoms in total. The number of pyridine rings is 1. The molecule has 0 saturated carbocycles. The van der Waals surface area contributed by atoms with Crippen molar-refractivity contribution in [2.45, 2.75) is 12.8 Å². The predicted octanol–water partition coefficient (Wildman–Crippen LogP) is 2.71. The van der Waals surface area contributed by atoms with Crippen LogP contribution >= 0.6 is 0 Å². The number of amides is 2. The fourth-order valence-electron chi connectivity index (χ4n) is 2.52. The second-order valence-corrected chi connectivity index (χ2v) is 5.42. The number of nitrogens with one attached hydrogen (secondary N) is 1. The normalized spacial score (nSPS) is 13.9. The molecule has 0 atom stereocenters. The van der Waals surface area contributed by atoms with Gasteiger partial charge in [0, 0.05) is 31.2 Å². The number of carbonyl (C=O) groups is 2. The van der Waals surface area contributed by atoms with Gasteiger partial charge in [0.1, 0.15) is 5.82 Å². The Bertz CT molecular complexity index is 725. The number of anilines is 1. The maximum atomic E-state index is 12.9. The van der Waals surface area contributed by atoms with Crippen LogP contribution in [0.5, 0.6) is 0 Å². The molecule has 2 aromatic rings. The third kappa shape index (κ3) is 3.53. The Morgan fingerprint density at radius 3 is 2.39 bits per heavy atom. The van der Waals surface area contributed by atoms with Gasteiger partial charge < -0.3 is 10.2 Å². The highest BCUT2D eigenvalue weighted by Crippen LogP contribution is 2.15. The lowest BCUT2D eigenvalue weighted by molar-refractivity contribution is 0.0792. The molecular formula is C17H16FN3O2. The SMILES string of the molecule is O=C(Nc1ccc(F)cc1)c1cncc(C(=O)N2CCCC2)c1. The maximum Gasteiger partial charge on any atom is 0.257 e. The number of aromatic nitrogens is 1. The molecule has 1 N–H and O–H groups in total. The van der Waals surface area contributed by atoms with Crippen LogP contribution in [0, 0.1) is 5.82 Å². The minimum Gasteiger partial charge on any atom is -0.339 e. The number of benzene rings is 1. The van der Waals surface area contributed by atoms with Crippen molar-refractivity contribution < 1.29 is 14.0 Å². The zero-order valence-corrected chi connectivity index (χ0v) is 12.5. The van der Waals surface area contributed by atoms with E-state index in [0.29, 0.717) is 16.8 Å². The smallest absolute Gasteiger partial charge is 0.257 e. The minimum absolute atomic E-state index is 0.105. The lowest BCUT2D eigenvalue weighted by Crippen LogP contribution is -2.28. The standard InChI is InChI=1S/C17H16FN3O2/c18-14-3-5-15(6-4-14)20-16(22)12-9-13(11-19-10-12)17(23)21-7-1-2-8-21/h3-6,9-11H,1-2,7-8H2,(H,20,22). The fourth-order valence-corrected chi connectivity index (χ4v) is 2.52. The number of rotatable bonds is 3. The molecule has 0 unspecified atom stereocenters. The third-order valence-electron chi connectivity index (χ3n) is 3.74. The Labute approximate surface area is 133 Å². The monoisotopic (exact) mass is 313 g/mol. The molecule has 0 aliphatic carbocycles. The van der Waals surface area contributed by atoms with Gasteiger partial charge >= 0.3 is 0 Å². The Balaban J connectivity index is 1.74. The number of hydrogen-bond acceptors (Lipinski definition) is 3. The second-order valence-electron chi connectivity index (χ2n) is 5.42. The van der Waals surface area contributed by atoms with Crippen molar-refractivity contribution in [3.63, 3.8) is 0 Å². The molecule has 1 aliphatic rings. The van der Waals surface area contributed by atoms with E-state index >= 15 is 0 Å². The van der Waals surface area contributed by atoms with Gasteiger partial charge in [0.05, 0.1) is 11.1 Å². The average molecular weight is 313 g/mol. The van der Waals surface area contributed by atoms with E-state index in [0.717, 1.165) is 25.9 Å². The first-order valence-electron chi connectivity index (χ1n) is 7.45. The highest BCUT2D eigenvalue weighted by Gasteiger charge is 2.20. The largest absolute Gasteiger partial charge is 0.339 e. The van der Waals surface area contributed by atoms with E-state index in [9.17, 15) is 14.0 Å². The first-order valence-corrected chi connectivity index (χ1v) is 7.45. The topological polar surface area (TPSA) is 62.3 Å². The molecule has 0 bridgehead atoms. The van der Waals surface area contributed by atoms with E-state index < -0.39 is 0 Å². The van der Waals surface area contributed by atoms with Crippen LogP contribution in [0.2, 0.25) is 0 Å². The zero-order valence-electron chi connectivity index (χ0n) is 12.5. The molecule has 2 heterocycles. The molecule has 3 rings (SSSR count). The lowest BCUT2D eigenvalue weighted by atomic mass is 10.1. The van der Waals surface area contributed by atoms with Crippen molar-refractivity contribution in [3.05, 3.63) is 59.7 Å². The second kappa shape index (κ2) is 6.56. The van der Waals surface area contributed by atoms with Gasteiger partial charge in [-0.15, -0.1) is 0 Å². The number of nitrogens with zero attached hydrogens (tertiary/aromatic N) is 2. The van der Waals surface area contributed by atoms with Crippen LogP contribution in [0.25, 0.3) is 0 Å². The molecule has 2 amide bonds. The van der Waals surface area contributed by atoms with Gasteiger partial charge in [-0.05, 0) is 43.2 Å². The van der Waals surface area contributed by atoms with Crippen LogP contribution < -0.4 is 5.32 Å². The van der Waals surface area contributed by atoms with Gasteiger partial charge in [-0.1, -0.05) is 0 Å². The highest BCUT2D eigenvalue weighted by molar-refractivity contribution is 6.05. The van der Waals surface area contributed by atoms with E-state index in [4.69, 9.17) is 0 Å².